The third-order valence-corrected chi connectivity index (χ3v) is 3.37. The fraction of sp³-hybridized carbons (Fsp3) is 0. The Labute approximate surface area is 114 Å². The van der Waals surface area contributed by atoms with Crippen LogP contribution in [0.4, 0.5) is 4.39 Å². The van der Waals surface area contributed by atoms with Crippen molar-refractivity contribution in [3.8, 4) is 0 Å². The molecule has 0 aliphatic heterocycles. The number of rotatable bonds is 2. The lowest BCUT2D eigenvalue weighted by atomic mass is 10.0. The number of hydrogen-bond donors (Lipinski definition) is 0. The molecule has 0 amide bonds. The quantitative estimate of drug-likeness (QED) is 0.760. The van der Waals surface area contributed by atoms with Crippen LogP contribution in [0.2, 0.25) is 0 Å². The highest BCUT2D eigenvalue weighted by Crippen LogP contribution is 2.24. The van der Waals surface area contributed by atoms with Crippen LogP contribution in [0.5, 0.6) is 0 Å². The summed E-state index contributed by atoms with van der Waals surface area (Å²) in [5, 5.41) is 0. The molecule has 2 rings (SSSR count). The Morgan fingerprint density at radius 2 is 1.94 bits per heavy atom. The van der Waals surface area contributed by atoms with Crippen molar-refractivity contribution in [3.05, 3.63) is 62.5 Å². The molecule has 0 aliphatic carbocycles. The largest absolute Gasteiger partial charge is 0.288 e. The van der Waals surface area contributed by atoms with Gasteiger partial charge in [0.15, 0.2) is 11.6 Å². The molecule has 0 fully saturated rings. The maximum Gasteiger partial charge on any atom is 0.197 e. The molecule has 2 aromatic rings. The third kappa shape index (κ3) is 2.61. The van der Waals surface area contributed by atoms with Gasteiger partial charge in [0, 0.05) is 20.7 Å². The Hall–Kier alpha value is -1.07. The van der Waals surface area contributed by atoms with Gasteiger partial charge in [-0.1, -0.05) is 31.9 Å². The van der Waals surface area contributed by atoms with Gasteiger partial charge in [-0.2, -0.15) is 0 Å². The summed E-state index contributed by atoms with van der Waals surface area (Å²) in [6.45, 7) is 0. The topological polar surface area (TPSA) is 30.0 Å². The van der Waals surface area contributed by atoms with E-state index in [2.05, 4.69) is 36.8 Å². The minimum absolute atomic E-state index is 0.0128. The Kier molecular flexibility index (Phi) is 3.69. The highest BCUT2D eigenvalue weighted by molar-refractivity contribution is 9.11. The van der Waals surface area contributed by atoms with Gasteiger partial charge in [0.25, 0.3) is 0 Å². The average molecular weight is 359 g/mol. The predicted molar refractivity (Wildman–Crippen MR) is 69.5 cm³/mol. The normalized spacial score (nSPS) is 10.3. The first-order valence-corrected chi connectivity index (χ1v) is 6.27. The highest BCUT2D eigenvalue weighted by Gasteiger charge is 2.16. The van der Waals surface area contributed by atoms with E-state index >= 15 is 0 Å². The lowest BCUT2D eigenvalue weighted by Gasteiger charge is -2.05. The fourth-order valence-electron chi connectivity index (χ4n) is 1.38. The van der Waals surface area contributed by atoms with E-state index in [1.165, 1.54) is 12.3 Å². The standard InChI is InChI=1S/C12H6Br2FNO/c13-7-1-2-10(14)9(5-7)12(17)8-3-4-16-6-11(8)15/h1-6H. The number of carbonyl (C=O) groups is 1. The Bertz CT molecular complexity index is 586. The highest BCUT2D eigenvalue weighted by atomic mass is 79.9. The molecule has 0 radical (unpaired) electrons. The molecule has 1 aromatic heterocycles. The molecule has 0 spiro atoms. The van der Waals surface area contributed by atoms with Crippen molar-refractivity contribution in [2.75, 3.05) is 0 Å². The van der Waals surface area contributed by atoms with Crippen LogP contribution < -0.4 is 0 Å². The number of carbonyl (C=O) groups excluding carboxylic acids is 1. The second-order valence-electron chi connectivity index (χ2n) is 3.31. The van der Waals surface area contributed by atoms with E-state index in [1.807, 2.05) is 0 Å². The lowest BCUT2D eigenvalue weighted by Crippen LogP contribution is -2.05. The molecule has 0 bridgehead atoms. The van der Waals surface area contributed by atoms with Crippen molar-refractivity contribution < 1.29 is 9.18 Å². The summed E-state index contributed by atoms with van der Waals surface area (Å²) in [7, 11) is 0. The third-order valence-electron chi connectivity index (χ3n) is 2.19. The molecular weight excluding hydrogens is 353 g/mol. The van der Waals surface area contributed by atoms with Gasteiger partial charge < -0.3 is 0 Å². The van der Waals surface area contributed by atoms with Gasteiger partial charge in [0.1, 0.15) is 0 Å². The number of aromatic nitrogens is 1. The summed E-state index contributed by atoms with van der Waals surface area (Å²) in [6, 6.07) is 6.54. The smallest absolute Gasteiger partial charge is 0.197 e. The summed E-state index contributed by atoms with van der Waals surface area (Å²) < 4.78 is 14.8. The Morgan fingerprint density at radius 3 is 2.65 bits per heavy atom. The molecule has 0 aliphatic rings. The van der Waals surface area contributed by atoms with E-state index in [9.17, 15) is 9.18 Å². The fourth-order valence-corrected chi connectivity index (χ4v) is 2.16. The first-order valence-electron chi connectivity index (χ1n) is 4.69. The van der Waals surface area contributed by atoms with Gasteiger partial charge >= 0.3 is 0 Å². The van der Waals surface area contributed by atoms with Crippen molar-refractivity contribution >= 4 is 37.6 Å². The Morgan fingerprint density at radius 1 is 1.18 bits per heavy atom. The number of ketones is 1. The van der Waals surface area contributed by atoms with Gasteiger partial charge in [-0.25, -0.2) is 4.39 Å². The van der Waals surface area contributed by atoms with Crippen LogP contribution in [0.3, 0.4) is 0 Å². The zero-order valence-corrected chi connectivity index (χ0v) is 11.6. The average Bonchev–Trinajstić information content (AvgIpc) is 2.32. The van der Waals surface area contributed by atoms with E-state index in [4.69, 9.17) is 0 Å². The zero-order chi connectivity index (χ0) is 12.4. The van der Waals surface area contributed by atoms with Crippen LogP contribution in [0.1, 0.15) is 15.9 Å². The van der Waals surface area contributed by atoms with Crippen LogP contribution in [-0.2, 0) is 0 Å². The number of pyridine rings is 1. The van der Waals surface area contributed by atoms with Gasteiger partial charge in [0.2, 0.25) is 0 Å². The molecule has 0 unspecified atom stereocenters. The van der Waals surface area contributed by atoms with Crippen molar-refractivity contribution in [3.63, 3.8) is 0 Å². The molecule has 0 N–H and O–H groups in total. The molecule has 0 saturated heterocycles. The van der Waals surface area contributed by atoms with E-state index in [0.717, 1.165) is 10.7 Å². The van der Waals surface area contributed by atoms with Crippen molar-refractivity contribution in [2.24, 2.45) is 0 Å². The summed E-state index contributed by atoms with van der Waals surface area (Å²) in [6.07, 6.45) is 2.42. The number of benzene rings is 1. The minimum atomic E-state index is -0.621. The van der Waals surface area contributed by atoms with E-state index in [1.54, 1.807) is 18.2 Å². The molecule has 2 nitrogen and oxygen atoms in total. The number of halogens is 3. The van der Waals surface area contributed by atoms with Crippen LogP contribution in [0.15, 0.2) is 45.6 Å². The maximum absolute atomic E-state index is 13.4. The second-order valence-corrected chi connectivity index (χ2v) is 5.08. The summed E-state index contributed by atoms with van der Waals surface area (Å²) in [4.78, 5) is 15.7. The van der Waals surface area contributed by atoms with Crippen molar-refractivity contribution in [1.82, 2.24) is 4.98 Å². The summed E-state index contributed by atoms with van der Waals surface area (Å²) in [5.41, 5.74) is 0.420. The van der Waals surface area contributed by atoms with Crippen LogP contribution in [0, 0.1) is 5.82 Å². The second kappa shape index (κ2) is 5.06. The molecule has 0 atom stereocenters. The van der Waals surface area contributed by atoms with Gasteiger partial charge in [-0.3, -0.25) is 9.78 Å². The SMILES string of the molecule is O=C(c1ccncc1F)c1cc(Br)ccc1Br. The van der Waals surface area contributed by atoms with E-state index in [-0.39, 0.29) is 11.3 Å². The number of nitrogens with zero attached hydrogens (tertiary/aromatic N) is 1. The maximum atomic E-state index is 13.4. The van der Waals surface area contributed by atoms with Crippen molar-refractivity contribution in [1.29, 1.82) is 0 Å². The van der Waals surface area contributed by atoms with Gasteiger partial charge in [-0.15, -0.1) is 0 Å². The van der Waals surface area contributed by atoms with Crippen molar-refractivity contribution in [2.45, 2.75) is 0 Å². The molecule has 17 heavy (non-hydrogen) atoms. The minimum Gasteiger partial charge on any atom is -0.288 e. The van der Waals surface area contributed by atoms with Crippen LogP contribution in [-0.4, -0.2) is 10.8 Å². The zero-order valence-electron chi connectivity index (χ0n) is 8.45. The van der Waals surface area contributed by atoms with Gasteiger partial charge in [-0.05, 0) is 24.3 Å². The lowest BCUT2D eigenvalue weighted by molar-refractivity contribution is 0.103. The first-order chi connectivity index (χ1) is 8.09. The molecule has 1 heterocycles. The van der Waals surface area contributed by atoms with E-state index < -0.39 is 5.82 Å². The van der Waals surface area contributed by atoms with Crippen LogP contribution in [0.25, 0.3) is 0 Å². The monoisotopic (exact) mass is 357 g/mol. The van der Waals surface area contributed by atoms with Gasteiger partial charge in [0.05, 0.1) is 11.8 Å². The van der Waals surface area contributed by atoms with E-state index in [0.29, 0.717) is 10.0 Å². The number of hydrogen-bond acceptors (Lipinski definition) is 2. The molecule has 5 heteroatoms. The van der Waals surface area contributed by atoms with Crippen LogP contribution >= 0.6 is 31.9 Å². The molecule has 0 saturated carbocycles. The molecule has 1 aromatic carbocycles. The summed E-state index contributed by atoms with van der Waals surface area (Å²) >= 11 is 6.55. The predicted octanol–water partition coefficient (Wildman–Crippen LogP) is 3.98. The molecular formula is C12H6Br2FNO. The summed E-state index contributed by atoms with van der Waals surface area (Å²) in [5.74, 6) is -0.998. The molecule has 86 valence electrons. The first kappa shape index (κ1) is 12.4. The Balaban J connectivity index is 2.51.